The fraction of sp³-hybridized carbons (Fsp3) is 0.208. The third-order valence-electron chi connectivity index (χ3n) is 4.79. The second kappa shape index (κ2) is 10.4. The molecule has 0 bridgehead atoms. The van der Waals surface area contributed by atoms with E-state index in [1.165, 1.54) is 0 Å². The van der Waals surface area contributed by atoms with Gasteiger partial charge in [-0.15, -0.1) is 0 Å². The number of benzene rings is 3. The first kappa shape index (κ1) is 24.1. The van der Waals surface area contributed by atoms with Crippen LogP contribution in [0.25, 0.3) is 0 Å². The number of nitrogens with zero attached hydrogens (tertiary/aromatic N) is 1. The molecule has 0 atom stereocenters. The summed E-state index contributed by atoms with van der Waals surface area (Å²) in [5, 5.41) is 2.83. The van der Waals surface area contributed by atoms with Crippen molar-refractivity contribution in [1.29, 1.82) is 0 Å². The molecule has 0 unspecified atom stereocenters. The Kier molecular flexibility index (Phi) is 7.78. The first-order chi connectivity index (χ1) is 15.2. The second-order valence-electron chi connectivity index (χ2n) is 7.26. The Balaban J connectivity index is 1.94. The number of hydrogen-bond donors (Lipinski definition) is 1. The number of hydrogen-bond acceptors (Lipinski definition) is 4. The molecule has 168 valence electrons. The van der Waals surface area contributed by atoms with Gasteiger partial charge in [0.15, 0.2) is 0 Å². The van der Waals surface area contributed by atoms with Gasteiger partial charge in [-0.05, 0) is 104 Å². The minimum absolute atomic E-state index is 0.121. The molecule has 32 heavy (non-hydrogen) atoms. The topological polar surface area (TPSA) is 75.7 Å². The van der Waals surface area contributed by atoms with Crippen LogP contribution in [0, 0.1) is 17.4 Å². The quantitative estimate of drug-likeness (QED) is 0.385. The van der Waals surface area contributed by atoms with Crippen molar-refractivity contribution in [2.45, 2.75) is 25.7 Å². The summed E-state index contributed by atoms with van der Waals surface area (Å²) in [6, 6.07) is 18.9. The average molecular weight is 564 g/mol. The third-order valence-corrected chi connectivity index (χ3v) is 7.25. The smallest absolute Gasteiger partial charge is 0.264 e. The van der Waals surface area contributed by atoms with E-state index < -0.39 is 15.9 Å². The number of carbonyl (C=O) groups excluding carboxylic acids is 1. The van der Waals surface area contributed by atoms with Crippen molar-refractivity contribution >= 4 is 49.9 Å². The van der Waals surface area contributed by atoms with Crippen LogP contribution in [0.5, 0.6) is 5.75 Å². The van der Waals surface area contributed by atoms with Crippen LogP contribution in [0.4, 0.5) is 11.4 Å². The standard InChI is InChI=1S/C24H25IN2O4S/c1-4-31-21-10-8-20(9-11-21)27(32(29,30)22-12-5-17(2)6-13-22)16-24(28)26-23-14-7-19(25)15-18(23)3/h5-15H,4,16H2,1-3H3,(H,26,28). The molecule has 0 heterocycles. The SMILES string of the molecule is CCOc1ccc(N(CC(=O)Nc2ccc(I)cc2C)S(=O)(=O)c2ccc(C)cc2)cc1. The molecule has 3 rings (SSSR count). The van der Waals surface area contributed by atoms with E-state index >= 15 is 0 Å². The maximum atomic E-state index is 13.5. The Morgan fingerprint density at radius 1 is 1.00 bits per heavy atom. The van der Waals surface area contributed by atoms with Crippen molar-refractivity contribution in [3.05, 3.63) is 81.4 Å². The number of ether oxygens (including phenoxy) is 1. The van der Waals surface area contributed by atoms with Gasteiger partial charge in [-0.2, -0.15) is 0 Å². The van der Waals surface area contributed by atoms with Gasteiger partial charge in [0.1, 0.15) is 12.3 Å². The molecule has 0 aliphatic heterocycles. The van der Waals surface area contributed by atoms with Crippen LogP contribution in [0.3, 0.4) is 0 Å². The lowest BCUT2D eigenvalue weighted by atomic mass is 10.2. The normalized spacial score (nSPS) is 11.1. The van der Waals surface area contributed by atoms with Gasteiger partial charge in [0, 0.05) is 9.26 Å². The molecule has 0 aromatic heterocycles. The number of anilines is 2. The number of halogens is 1. The van der Waals surface area contributed by atoms with Crippen molar-refractivity contribution in [2.24, 2.45) is 0 Å². The number of nitrogens with one attached hydrogen (secondary N) is 1. The molecule has 0 spiro atoms. The largest absolute Gasteiger partial charge is 0.494 e. The van der Waals surface area contributed by atoms with Crippen LogP contribution in [0.2, 0.25) is 0 Å². The van der Waals surface area contributed by atoms with E-state index in [0.29, 0.717) is 23.7 Å². The van der Waals surface area contributed by atoms with Crippen LogP contribution in [0.15, 0.2) is 71.6 Å². The Hall–Kier alpha value is -2.59. The van der Waals surface area contributed by atoms with E-state index in [1.807, 2.05) is 39.0 Å². The molecule has 0 saturated carbocycles. The summed E-state index contributed by atoms with van der Waals surface area (Å²) in [6.07, 6.45) is 0. The molecular weight excluding hydrogens is 539 g/mol. The van der Waals surface area contributed by atoms with Crippen molar-refractivity contribution in [2.75, 3.05) is 22.8 Å². The zero-order chi connectivity index (χ0) is 23.3. The lowest BCUT2D eigenvalue weighted by molar-refractivity contribution is -0.114. The predicted octanol–water partition coefficient (Wildman–Crippen LogP) is 5.14. The van der Waals surface area contributed by atoms with Gasteiger partial charge in [0.2, 0.25) is 5.91 Å². The Labute approximate surface area is 202 Å². The molecule has 0 saturated heterocycles. The molecule has 0 fully saturated rings. The summed E-state index contributed by atoms with van der Waals surface area (Å²) in [6.45, 7) is 5.79. The van der Waals surface area contributed by atoms with Crippen molar-refractivity contribution in [1.82, 2.24) is 0 Å². The molecule has 8 heteroatoms. The molecule has 6 nitrogen and oxygen atoms in total. The molecule has 1 N–H and O–H groups in total. The van der Waals surface area contributed by atoms with E-state index in [1.54, 1.807) is 48.5 Å². The molecule has 0 aliphatic carbocycles. The highest BCUT2D eigenvalue weighted by Crippen LogP contribution is 2.26. The minimum Gasteiger partial charge on any atom is -0.494 e. The van der Waals surface area contributed by atoms with Crippen LogP contribution in [-0.4, -0.2) is 27.5 Å². The number of carbonyl (C=O) groups is 1. The lowest BCUT2D eigenvalue weighted by Crippen LogP contribution is -2.38. The zero-order valence-corrected chi connectivity index (χ0v) is 21.1. The zero-order valence-electron chi connectivity index (χ0n) is 18.1. The summed E-state index contributed by atoms with van der Waals surface area (Å²) >= 11 is 2.20. The summed E-state index contributed by atoms with van der Waals surface area (Å²) < 4.78 is 34.6. The van der Waals surface area contributed by atoms with Gasteiger partial charge in [0.05, 0.1) is 17.2 Å². The Bertz CT molecular complexity index is 1190. The van der Waals surface area contributed by atoms with Gasteiger partial charge < -0.3 is 10.1 Å². The van der Waals surface area contributed by atoms with Crippen molar-refractivity contribution < 1.29 is 17.9 Å². The van der Waals surface area contributed by atoms with E-state index in [2.05, 4.69) is 27.9 Å². The number of sulfonamides is 1. The fourth-order valence-corrected chi connectivity index (χ4v) is 5.18. The van der Waals surface area contributed by atoms with Crippen LogP contribution < -0.4 is 14.4 Å². The average Bonchev–Trinajstić information content (AvgIpc) is 2.75. The number of rotatable bonds is 8. The fourth-order valence-electron chi connectivity index (χ4n) is 3.12. The molecule has 3 aromatic carbocycles. The van der Waals surface area contributed by atoms with Gasteiger partial charge >= 0.3 is 0 Å². The highest BCUT2D eigenvalue weighted by atomic mass is 127. The Morgan fingerprint density at radius 3 is 2.25 bits per heavy atom. The highest BCUT2D eigenvalue weighted by molar-refractivity contribution is 14.1. The van der Waals surface area contributed by atoms with Crippen LogP contribution in [0.1, 0.15) is 18.1 Å². The predicted molar refractivity (Wildman–Crippen MR) is 136 cm³/mol. The van der Waals surface area contributed by atoms with Gasteiger partial charge in [-0.1, -0.05) is 17.7 Å². The molecule has 0 aliphatic rings. The van der Waals surface area contributed by atoms with Gasteiger partial charge in [-0.25, -0.2) is 8.42 Å². The first-order valence-electron chi connectivity index (χ1n) is 10.1. The van der Waals surface area contributed by atoms with Gasteiger partial charge in [0.25, 0.3) is 10.0 Å². The molecule has 1 amide bonds. The summed E-state index contributed by atoms with van der Waals surface area (Å²) in [7, 11) is -3.97. The monoisotopic (exact) mass is 564 g/mol. The van der Waals surface area contributed by atoms with E-state index in [4.69, 9.17) is 4.74 Å². The summed E-state index contributed by atoms with van der Waals surface area (Å²) in [4.78, 5) is 13.0. The second-order valence-corrected chi connectivity index (χ2v) is 10.4. The van der Waals surface area contributed by atoms with Crippen LogP contribution >= 0.6 is 22.6 Å². The van der Waals surface area contributed by atoms with E-state index in [0.717, 1.165) is 19.0 Å². The van der Waals surface area contributed by atoms with Crippen LogP contribution in [-0.2, 0) is 14.8 Å². The summed E-state index contributed by atoms with van der Waals surface area (Å²) in [5.41, 5.74) is 2.88. The Morgan fingerprint density at radius 2 is 1.66 bits per heavy atom. The molecule has 3 aromatic rings. The van der Waals surface area contributed by atoms with E-state index in [9.17, 15) is 13.2 Å². The molecular formula is C24H25IN2O4S. The first-order valence-corrected chi connectivity index (χ1v) is 12.6. The third kappa shape index (κ3) is 5.80. The minimum atomic E-state index is -3.97. The molecule has 0 radical (unpaired) electrons. The number of aryl methyl sites for hydroxylation is 2. The number of amides is 1. The lowest BCUT2D eigenvalue weighted by Gasteiger charge is -2.24. The van der Waals surface area contributed by atoms with Crippen molar-refractivity contribution in [3.63, 3.8) is 0 Å². The van der Waals surface area contributed by atoms with E-state index in [-0.39, 0.29) is 11.4 Å². The maximum Gasteiger partial charge on any atom is 0.264 e. The summed E-state index contributed by atoms with van der Waals surface area (Å²) in [5.74, 6) is 0.196. The van der Waals surface area contributed by atoms with Crippen molar-refractivity contribution in [3.8, 4) is 5.75 Å². The van der Waals surface area contributed by atoms with Gasteiger partial charge in [-0.3, -0.25) is 9.10 Å². The highest BCUT2D eigenvalue weighted by Gasteiger charge is 2.27. The maximum absolute atomic E-state index is 13.5.